The van der Waals surface area contributed by atoms with Gasteiger partial charge in [0.15, 0.2) is 0 Å². The van der Waals surface area contributed by atoms with Gasteiger partial charge in [0.05, 0.1) is 0 Å². The van der Waals surface area contributed by atoms with Crippen LogP contribution >= 0.6 is 34.8 Å². The van der Waals surface area contributed by atoms with E-state index in [1.165, 1.54) is 0 Å². The smallest absolute Gasteiger partial charge is 0.252 e. The molecule has 0 heterocycles. The van der Waals surface area contributed by atoms with E-state index in [1.54, 1.807) is 12.1 Å². The Labute approximate surface area is 128 Å². The molecule has 0 unspecified atom stereocenters. The van der Waals surface area contributed by atoms with Crippen LogP contribution in [0.1, 0.15) is 29.8 Å². The van der Waals surface area contributed by atoms with E-state index in [-0.39, 0.29) is 11.9 Å². The summed E-state index contributed by atoms with van der Waals surface area (Å²) in [6.07, 6.45) is -0.760. The van der Waals surface area contributed by atoms with E-state index in [0.717, 1.165) is 5.56 Å². The predicted molar refractivity (Wildman–Crippen MR) is 81.0 cm³/mol. The van der Waals surface area contributed by atoms with E-state index in [0.29, 0.717) is 5.56 Å². The highest BCUT2D eigenvalue weighted by Crippen LogP contribution is 2.29. The van der Waals surface area contributed by atoms with Gasteiger partial charge in [-0.1, -0.05) is 53.0 Å². The van der Waals surface area contributed by atoms with E-state index in [9.17, 15) is 4.79 Å². The van der Waals surface area contributed by atoms with Gasteiger partial charge in [-0.05, 0) is 32.4 Å². The van der Waals surface area contributed by atoms with Gasteiger partial charge in [-0.3, -0.25) is 10.1 Å². The van der Waals surface area contributed by atoms with Crippen LogP contribution in [0.2, 0.25) is 0 Å². The summed E-state index contributed by atoms with van der Waals surface area (Å²) in [4.78, 5) is 12.2. The van der Waals surface area contributed by atoms with Gasteiger partial charge in [-0.25, -0.2) is 0 Å². The molecule has 1 rings (SSSR count). The Kier molecular flexibility index (Phi) is 5.93. The summed E-state index contributed by atoms with van der Waals surface area (Å²) in [6, 6.07) is 7.32. The number of carbonyl (C=O) groups excluding carboxylic acids is 1. The van der Waals surface area contributed by atoms with Gasteiger partial charge in [0.25, 0.3) is 5.91 Å². The number of amides is 1. The molecule has 0 radical (unpaired) electrons. The summed E-state index contributed by atoms with van der Waals surface area (Å²) in [5.41, 5.74) is 1.43. The average Bonchev–Trinajstić information content (AvgIpc) is 2.26. The average molecular weight is 324 g/mol. The van der Waals surface area contributed by atoms with Gasteiger partial charge >= 0.3 is 0 Å². The lowest BCUT2D eigenvalue weighted by atomic mass is 10.1. The highest BCUT2D eigenvalue weighted by Gasteiger charge is 2.34. The maximum Gasteiger partial charge on any atom is 0.252 e. The quantitative estimate of drug-likeness (QED) is 0.658. The minimum Gasteiger partial charge on any atom is -0.333 e. The Hall–Kier alpha value is -0.480. The van der Waals surface area contributed by atoms with Crippen LogP contribution in [-0.2, 0) is 0 Å². The predicted octanol–water partition coefficient (Wildman–Crippen LogP) is 3.42. The number of carbonyl (C=O) groups is 1. The zero-order chi connectivity index (χ0) is 14.6. The first-order chi connectivity index (χ1) is 8.71. The zero-order valence-electron chi connectivity index (χ0n) is 11.0. The van der Waals surface area contributed by atoms with Crippen molar-refractivity contribution in [2.75, 3.05) is 0 Å². The molecule has 106 valence electrons. The van der Waals surface area contributed by atoms with Gasteiger partial charge in [-0.15, -0.1) is 0 Å². The Balaban J connectivity index is 2.86. The van der Waals surface area contributed by atoms with Gasteiger partial charge < -0.3 is 5.32 Å². The monoisotopic (exact) mass is 322 g/mol. The highest BCUT2D eigenvalue weighted by atomic mass is 35.6. The summed E-state index contributed by atoms with van der Waals surface area (Å²) in [5.74, 6) is -0.275. The van der Waals surface area contributed by atoms with E-state index in [2.05, 4.69) is 10.6 Å². The molecular formula is C13H17Cl3N2O. The fourth-order valence-electron chi connectivity index (χ4n) is 1.59. The molecule has 0 aliphatic carbocycles. The van der Waals surface area contributed by atoms with Gasteiger partial charge in [0, 0.05) is 11.6 Å². The largest absolute Gasteiger partial charge is 0.333 e. The molecule has 0 aromatic heterocycles. The first kappa shape index (κ1) is 16.6. The number of hydrogen-bond donors (Lipinski definition) is 2. The Morgan fingerprint density at radius 3 is 2.26 bits per heavy atom. The van der Waals surface area contributed by atoms with Crippen molar-refractivity contribution in [1.29, 1.82) is 0 Å². The molecular weight excluding hydrogens is 307 g/mol. The minimum absolute atomic E-state index is 0.0674. The second-order valence-corrected chi connectivity index (χ2v) is 6.95. The number of hydrogen-bond acceptors (Lipinski definition) is 2. The fraction of sp³-hybridized carbons (Fsp3) is 0.462. The Bertz CT molecular complexity index is 444. The molecule has 1 aromatic carbocycles. The molecule has 6 heteroatoms. The number of nitrogens with one attached hydrogen (secondary N) is 2. The lowest BCUT2D eigenvalue weighted by Gasteiger charge is -2.28. The van der Waals surface area contributed by atoms with Crippen LogP contribution in [0, 0.1) is 6.92 Å². The van der Waals surface area contributed by atoms with Crippen molar-refractivity contribution in [3.63, 3.8) is 0 Å². The molecule has 0 fully saturated rings. The molecule has 0 saturated heterocycles. The van der Waals surface area contributed by atoms with Crippen molar-refractivity contribution in [1.82, 2.24) is 10.6 Å². The van der Waals surface area contributed by atoms with E-state index >= 15 is 0 Å². The van der Waals surface area contributed by atoms with Crippen LogP contribution in [0.3, 0.4) is 0 Å². The van der Waals surface area contributed by atoms with Crippen molar-refractivity contribution in [3.8, 4) is 0 Å². The molecule has 1 amide bonds. The molecule has 0 aliphatic heterocycles. The second-order valence-electron chi connectivity index (χ2n) is 4.58. The molecule has 2 N–H and O–H groups in total. The number of halogens is 3. The lowest BCUT2D eigenvalue weighted by Crippen LogP contribution is -2.55. The Morgan fingerprint density at radius 2 is 1.79 bits per heavy atom. The standard InChI is InChI=1S/C13H17Cl3N2O/c1-8(2)17-12(13(14,15)16)18-11(19)10-7-5-4-6-9(10)3/h4-8,12,17H,1-3H3,(H,18,19)/t12-/m1/s1. The topological polar surface area (TPSA) is 41.1 Å². The number of rotatable bonds is 4. The molecule has 1 atom stereocenters. The van der Waals surface area contributed by atoms with Crippen LogP contribution in [0.5, 0.6) is 0 Å². The molecule has 0 bridgehead atoms. The summed E-state index contributed by atoms with van der Waals surface area (Å²) >= 11 is 17.6. The summed E-state index contributed by atoms with van der Waals surface area (Å²) in [5, 5.41) is 5.71. The van der Waals surface area contributed by atoms with Gasteiger partial charge in [0.1, 0.15) is 6.17 Å². The molecule has 3 nitrogen and oxygen atoms in total. The lowest BCUT2D eigenvalue weighted by molar-refractivity contribution is 0.0927. The van der Waals surface area contributed by atoms with Gasteiger partial charge in [0.2, 0.25) is 3.79 Å². The summed E-state index contributed by atoms with van der Waals surface area (Å²) in [7, 11) is 0. The first-order valence-corrected chi connectivity index (χ1v) is 7.04. The number of aryl methyl sites for hydroxylation is 1. The molecule has 19 heavy (non-hydrogen) atoms. The first-order valence-electron chi connectivity index (χ1n) is 5.91. The summed E-state index contributed by atoms with van der Waals surface area (Å²) < 4.78 is -1.62. The van der Waals surface area contributed by atoms with Crippen LogP contribution < -0.4 is 10.6 Å². The maximum atomic E-state index is 12.2. The van der Waals surface area contributed by atoms with E-state index in [4.69, 9.17) is 34.8 Å². The van der Waals surface area contributed by atoms with Crippen LogP contribution in [0.25, 0.3) is 0 Å². The van der Waals surface area contributed by atoms with Crippen molar-refractivity contribution in [3.05, 3.63) is 35.4 Å². The fourth-order valence-corrected chi connectivity index (χ4v) is 1.94. The van der Waals surface area contributed by atoms with E-state index in [1.807, 2.05) is 32.9 Å². The molecule has 0 aliphatic rings. The van der Waals surface area contributed by atoms with Crippen molar-refractivity contribution < 1.29 is 4.79 Å². The van der Waals surface area contributed by atoms with Crippen LogP contribution in [0.15, 0.2) is 24.3 Å². The van der Waals surface area contributed by atoms with Crippen LogP contribution in [0.4, 0.5) is 0 Å². The Morgan fingerprint density at radius 1 is 1.21 bits per heavy atom. The highest BCUT2D eigenvalue weighted by molar-refractivity contribution is 6.68. The molecule has 1 aromatic rings. The summed E-state index contributed by atoms with van der Waals surface area (Å²) in [6.45, 7) is 5.67. The zero-order valence-corrected chi connectivity index (χ0v) is 13.3. The minimum atomic E-state index is -1.62. The molecule has 0 spiro atoms. The normalized spacial score (nSPS) is 13.4. The van der Waals surface area contributed by atoms with Crippen LogP contribution in [-0.4, -0.2) is 21.9 Å². The second kappa shape index (κ2) is 6.80. The number of alkyl halides is 3. The third kappa shape index (κ3) is 5.19. The SMILES string of the molecule is Cc1ccccc1C(=O)N[C@@H](NC(C)C)C(Cl)(Cl)Cl. The third-order valence-corrected chi connectivity index (χ3v) is 3.15. The third-order valence-electron chi connectivity index (χ3n) is 2.49. The van der Waals surface area contributed by atoms with Crippen molar-refractivity contribution in [2.24, 2.45) is 0 Å². The number of benzene rings is 1. The van der Waals surface area contributed by atoms with Gasteiger partial charge in [-0.2, -0.15) is 0 Å². The van der Waals surface area contributed by atoms with Crippen molar-refractivity contribution >= 4 is 40.7 Å². The van der Waals surface area contributed by atoms with Crippen molar-refractivity contribution in [2.45, 2.75) is 36.8 Å². The molecule has 0 saturated carbocycles. The van der Waals surface area contributed by atoms with E-state index < -0.39 is 9.96 Å². The maximum absolute atomic E-state index is 12.2.